The van der Waals surface area contributed by atoms with Gasteiger partial charge in [-0.3, -0.25) is 0 Å². The van der Waals surface area contributed by atoms with Gasteiger partial charge in [0.25, 0.3) is 0 Å². The molecule has 0 atom stereocenters. The van der Waals surface area contributed by atoms with Crippen LogP contribution in [-0.2, 0) is 13.0 Å². The van der Waals surface area contributed by atoms with Gasteiger partial charge in [-0.25, -0.2) is 9.07 Å². The number of ether oxygens (including phenoxy) is 1. The van der Waals surface area contributed by atoms with E-state index in [1.807, 2.05) is 23.0 Å². The van der Waals surface area contributed by atoms with Gasteiger partial charge in [0.15, 0.2) is 0 Å². The van der Waals surface area contributed by atoms with Gasteiger partial charge >= 0.3 is 0 Å². The molecule has 4 rings (SSSR count). The molecule has 2 heterocycles. The fraction of sp³-hybridized carbons (Fsp3) is 0.318. The summed E-state index contributed by atoms with van der Waals surface area (Å²) in [6, 6.07) is 14.7. The van der Waals surface area contributed by atoms with Gasteiger partial charge in [-0.05, 0) is 53.8 Å². The Balaban J connectivity index is 1.68. The Hall–Kier alpha value is -2.82. The first kappa shape index (κ1) is 17.6. The van der Waals surface area contributed by atoms with E-state index in [1.165, 1.54) is 23.4 Å². The first-order chi connectivity index (χ1) is 12.9. The largest absolute Gasteiger partial charge is 0.497 e. The standard InChI is InChI=1S/C22H24FN3O/c1-22(2)12-20-21(13-24-26(20)18-8-6-17(23)7-9-18)25(15-22)14-16-4-10-19(27-3)11-5-16/h4-11,13H,12,14-15H2,1-3H3. The number of methoxy groups -OCH3 is 1. The third-order valence-corrected chi connectivity index (χ3v) is 5.06. The van der Waals surface area contributed by atoms with E-state index < -0.39 is 0 Å². The summed E-state index contributed by atoms with van der Waals surface area (Å²) in [6.07, 6.45) is 2.86. The fourth-order valence-corrected chi connectivity index (χ4v) is 3.80. The highest BCUT2D eigenvalue weighted by molar-refractivity contribution is 5.55. The third kappa shape index (κ3) is 3.54. The zero-order chi connectivity index (χ0) is 19.0. The second-order valence-corrected chi connectivity index (χ2v) is 7.91. The minimum absolute atomic E-state index is 0.122. The van der Waals surface area contributed by atoms with Crippen molar-refractivity contribution in [3.8, 4) is 11.4 Å². The fourth-order valence-electron chi connectivity index (χ4n) is 3.80. The summed E-state index contributed by atoms with van der Waals surface area (Å²) < 4.78 is 20.5. The number of nitrogens with zero attached hydrogens (tertiary/aromatic N) is 3. The molecule has 27 heavy (non-hydrogen) atoms. The predicted octanol–water partition coefficient (Wildman–Crippen LogP) is 4.61. The van der Waals surface area contributed by atoms with E-state index in [1.54, 1.807) is 19.2 Å². The van der Waals surface area contributed by atoms with Gasteiger partial charge in [0.1, 0.15) is 11.6 Å². The smallest absolute Gasteiger partial charge is 0.123 e. The van der Waals surface area contributed by atoms with Crippen LogP contribution in [0.4, 0.5) is 10.1 Å². The van der Waals surface area contributed by atoms with Gasteiger partial charge in [-0.1, -0.05) is 26.0 Å². The highest BCUT2D eigenvalue weighted by Crippen LogP contribution is 2.38. The number of rotatable bonds is 4. The van der Waals surface area contributed by atoms with Crippen molar-refractivity contribution in [2.24, 2.45) is 5.41 Å². The number of fused-ring (bicyclic) bond motifs is 1. The summed E-state index contributed by atoms with van der Waals surface area (Å²) in [5, 5.41) is 4.62. The number of halogens is 1. The van der Waals surface area contributed by atoms with Gasteiger partial charge in [0, 0.05) is 13.1 Å². The van der Waals surface area contributed by atoms with E-state index in [0.29, 0.717) is 0 Å². The molecule has 140 valence electrons. The van der Waals surface area contributed by atoms with Crippen LogP contribution in [0.15, 0.2) is 54.7 Å². The molecule has 0 radical (unpaired) electrons. The van der Waals surface area contributed by atoms with Crippen LogP contribution in [0, 0.1) is 11.2 Å². The number of benzene rings is 2. The normalized spacial score (nSPS) is 15.5. The minimum Gasteiger partial charge on any atom is -0.497 e. The van der Waals surface area contributed by atoms with Gasteiger partial charge < -0.3 is 9.64 Å². The highest BCUT2D eigenvalue weighted by Gasteiger charge is 2.33. The Morgan fingerprint density at radius 3 is 2.44 bits per heavy atom. The van der Waals surface area contributed by atoms with Crippen molar-refractivity contribution >= 4 is 5.69 Å². The Bertz CT molecular complexity index is 929. The second-order valence-electron chi connectivity index (χ2n) is 7.91. The Labute approximate surface area is 159 Å². The lowest BCUT2D eigenvalue weighted by Crippen LogP contribution is -2.40. The van der Waals surface area contributed by atoms with E-state index in [-0.39, 0.29) is 11.2 Å². The van der Waals surface area contributed by atoms with Gasteiger partial charge in [0.05, 0.1) is 30.4 Å². The average Bonchev–Trinajstić information content (AvgIpc) is 3.05. The summed E-state index contributed by atoms with van der Waals surface area (Å²) in [7, 11) is 1.68. The lowest BCUT2D eigenvalue weighted by molar-refractivity contribution is 0.340. The molecule has 4 nitrogen and oxygen atoms in total. The lowest BCUT2D eigenvalue weighted by Gasteiger charge is -2.39. The van der Waals surface area contributed by atoms with Crippen molar-refractivity contribution in [1.29, 1.82) is 0 Å². The van der Waals surface area contributed by atoms with Crippen LogP contribution in [-0.4, -0.2) is 23.4 Å². The van der Waals surface area contributed by atoms with Crippen molar-refractivity contribution < 1.29 is 9.13 Å². The number of hydrogen-bond donors (Lipinski definition) is 0. The van der Waals surface area contributed by atoms with E-state index in [4.69, 9.17) is 4.74 Å². The van der Waals surface area contributed by atoms with Crippen molar-refractivity contribution in [1.82, 2.24) is 9.78 Å². The number of anilines is 1. The zero-order valence-corrected chi connectivity index (χ0v) is 15.9. The van der Waals surface area contributed by atoms with Crippen LogP contribution >= 0.6 is 0 Å². The average molecular weight is 365 g/mol. The minimum atomic E-state index is -0.235. The molecular formula is C22H24FN3O. The SMILES string of the molecule is COc1ccc(CN2CC(C)(C)Cc3c2cnn3-c2ccc(F)cc2)cc1. The van der Waals surface area contributed by atoms with Crippen LogP contribution < -0.4 is 9.64 Å². The molecule has 0 spiro atoms. The Kier molecular flexibility index (Phi) is 4.38. The molecule has 0 bridgehead atoms. The summed E-state index contributed by atoms with van der Waals surface area (Å²) in [6.45, 7) is 6.33. The number of aromatic nitrogens is 2. The molecular weight excluding hydrogens is 341 g/mol. The molecule has 2 aromatic carbocycles. The second kappa shape index (κ2) is 6.72. The van der Waals surface area contributed by atoms with Crippen LogP contribution in [0.5, 0.6) is 5.75 Å². The topological polar surface area (TPSA) is 30.3 Å². The van der Waals surface area contributed by atoms with Crippen molar-refractivity contribution in [3.05, 3.63) is 71.8 Å². The van der Waals surface area contributed by atoms with Gasteiger partial charge in [-0.15, -0.1) is 0 Å². The molecule has 1 aliphatic heterocycles. The molecule has 5 heteroatoms. The molecule has 0 aliphatic carbocycles. The summed E-state index contributed by atoms with van der Waals surface area (Å²) >= 11 is 0. The predicted molar refractivity (Wildman–Crippen MR) is 105 cm³/mol. The maximum absolute atomic E-state index is 13.3. The molecule has 1 aromatic heterocycles. The Morgan fingerprint density at radius 1 is 1.07 bits per heavy atom. The lowest BCUT2D eigenvalue weighted by atomic mass is 9.83. The number of hydrogen-bond acceptors (Lipinski definition) is 3. The first-order valence-electron chi connectivity index (χ1n) is 9.16. The van der Waals surface area contributed by atoms with E-state index in [0.717, 1.165) is 36.6 Å². The van der Waals surface area contributed by atoms with Crippen molar-refractivity contribution in [3.63, 3.8) is 0 Å². The molecule has 0 saturated carbocycles. The van der Waals surface area contributed by atoms with E-state index in [2.05, 4.69) is 36.0 Å². The monoisotopic (exact) mass is 365 g/mol. The van der Waals surface area contributed by atoms with Crippen molar-refractivity contribution in [2.45, 2.75) is 26.8 Å². The zero-order valence-electron chi connectivity index (χ0n) is 15.9. The van der Waals surface area contributed by atoms with E-state index >= 15 is 0 Å². The highest BCUT2D eigenvalue weighted by atomic mass is 19.1. The van der Waals surface area contributed by atoms with Crippen LogP contribution in [0.2, 0.25) is 0 Å². The summed E-state index contributed by atoms with van der Waals surface area (Å²) in [5.41, 5.74) is 4.56. The molecule has 0 saturated heterocycles. The van der Waals surface area contributed by atoms with Crippen LogP contribution in [0.1, 0.15) is 25.1 Å². The molecule has 0 unspecified atom stereocenters. The quantitative estimate of drug-likeness (QED) is 0.676. The van der Waals surface area contributed by atoms with Gasteiger partial charge in [0.2, 0.25) is 0 Å². The van der Waals surface area contributed by atoms with Gasteiger partial charge in [-0.2, -0.15) is 5.10 Å². The molecule has 3 aromatic rings. The molecule has 0 fully saturated rings. The Morgan fingerprint density at radius 2 is 1.78 bits per heavy atom. The molecule has 0 N–H and O–H groups in total. The van der Waals surface area contributed by atoms with Crippen LogP contribution in [0.25, 0.3) is 5.69 Å². The summed E-state index contributed by atoms with van der Waals surface area (Å²) in [4.78, 5) is 2.38. The maximum Gasteiger partial charge on any atom is 0.123 e. The first-order valence-corrected chi connectivity index (χ1v) is 9.16. The maximum atomic E-state index is 13.3. The van der Waals surface area contributed by atoms with Crippen LogP contribution in [0.3, 0.4) is 0 Å². The molecule has 1 aliphatic rings. The molecule has 0 amide bonds. The van der Waals surface area contributed by atoms with Crippen molar-refractivity contribution in [2.75, 3.05) is 18.6 Å². The third-order valence-electron chi connectivity index (χ3n) is 5.06. The summed E-state index contributed by atoms with van der Waals surface area (Å²) in [5.74, 6) is 0.628. The van der Waals surface area contributed by atoms with E-state index in [9.17, 15) is 4.39 Å².